The summed E-state index contributed by atoms with van der Waals surface area (Å²) < 4.78 is 5.01. The van der Waals surface area contributed by atoms with Crippen LogP contribution in [-0.4, -0.2) is 177 Å². The van der Waals surface area contributed by atoms with Crippen LogP contribution in [0.2, 0.25) is 0 Å². The number of nitrogens with one attached hydrogen (secondary N) is 6. The summed E-state index contributed by atoms with van der Waals surface area (Å²) in [6, 6.07) is 0. The Balaban J connectivity index is -0.000000351. The highest BCUT2D eigenvalue weighted by molar-refractivity contribution is 5.91. The van der Waals surface area contributed by atoms with E-state index in [0.29, 0.717) is 73.5 Å². The van der Waals surface area contributed by atoms with Gasteiger partial charge in [0.1, 0.15) is 0 Å². The largest absolute Gasteiger partial charge is 0.481 e. The van der Waals surface area contributed by atoms with Crippen LogP contribution in [0.3, 0.4) is 0 Å². The van der Waals surface area contributed by atoms with Gasteiger partial charge in [-0.25, -0.2) is 0 Å². The van der Waals surface area contributed by atoms with E-state index in [9.17, 15) is 53.4 Å². The van der Waals surface area contributed by atoms with E-state index in [2.05, 4.69) is 135 Å². The molecule has 3 unspecified atom stereocenters. The molecule has 0 saturated carbocycles. The van der Waals surface area contributed by atoms with Crippen molar-refractivity contribution < 1.29 is 63.2 Å². The van der Waals surface area contributed by atoms with Gasteiger partial charge in [0.05, 0.1) is 43.9 Å². The van der Waals surface area contributed by atoms with Crippen LogP contribution < -0.4 is 31.9 Å². The first-order chi connectivity index (χ1) is 43.8. The number of carboxylic acid groups (broad SMARTS) is 1. The van der Waals surface area contributed by atoms with Gasteiger partial charge in [0.25, 0.3) is 0 Å². The van der Waals surface area contributed by atoms with Crippen LogP contribution in [0.15, 0.2) is 12.7 Å². The molecule has 0 aromatic rings. The van der Waals surface area contributed by atoms with Gasteiger partial charge in [0.15, 0.2) is 5.78 Å². The molecule has 0 spiro atoms. The molecular weight excluding hydrogens is 1210 g/mol. The summed E-state index contributed by atoms with van der Waals surface area (Å²) in [5, 5.41) is 44.5. The van der Waals surface area contributed by atoms with E-state index in [0.717, 1.165) is 58.0 Å². The number of amides is 7. The molecule has 0 aromatic carbocycles. The van der Waals surface area contributed by atoms with Crippen molar-refractivity contribution >= 4 is 53.1 Å². The number of aliphatic hydroxyl groups excluding tert-OH is 2. The number of aliphatic hydroxyl groups is 2. The highest BCUT2D eigenvalue weighted by Gasteiger charge is 2.26. The molecule has 1 saturated heterocycles. The molecule has 21 nitrogen and oxygen atoms in total. The van der Waals surface area contributed by atoms with Crippen molar-refractivity contribution in [1.29, 1.82) is 0 Å². The third-order valence-corrected chi connectivity index (χ3v) is 15.0. The number of nitrogens with zero attached hydrogens (tertiary/aromatic N) is 2. The Morgan fingerprint density at radius 1 is 0.432 bits per heavy atom. The van der Waals surface area contributed by atoms with Crippen LogP contribution in [-0.2, 0) is 47.9 Å². The number of carbonyl (C=O) groups excluding carboxylic acids is 8. The molecule has 1 fully saturated rings. The summed E-state index contributed by atoms with van der Waals surface area (Å²) in [4.78, 5) is 108. The molecule has 0 aromatic heterocycles. The number of ether oxygens (including phenoxy) is 1. The number of aliphatic carboxylic acids is 1. The van der Waals surface area contributed by atoms with Crippen LogP contribution in [0.1, 0.15) is 218 Å². The van der Waals surface area contributed by atoms with Crippen molar-refractivity contribution in [2.75, 3.05) is 80.1 Å². The molecule has 1 heterocycles. The van der Waals surface area contributed by atoms with Crippen molar-refractivity contribution in [3.8, 4) is 0 Å². The van der Waals surface area contributed by atoms with Crippen LogP contribution in [0, 0.1) is 94.7 Å². The molecule has 0 aliphatic carbocycles. The van der Waals surface area contributed by atoms with E-state index in [-0.39, 0.29) is 127 Å². The second-order valence-corrected chi connectivity index (χ2v) is 30.3. The van der Waals surface area contributed by atoms with Gasteiger partial charge in [-0.2, -0.15) is 0 Å². The molecular formula is C74H146N8O13. The maximum Gasteiger partial charge on any atom is 0.306 e. The standard InChI is InChI=1S/C18H36N2O3.C18H34N2O3.C11H24N2O2.C10H19NO2.C10H19NO.C7H14O2/c2*1-12(2)8-14(5)17(22)19-10-16(21)11-20(7)18(23)15(6)9-13(3)4;1-8(2)5-9(3)11(15)13-7-10(14)6-12-4;1-7(2)4-8(3)10(12)11-5-9-6-13-9;1-5-6-11-10(12)9(4)7-8(2)3;1-5(2)4-6(3)7(8)9/h12-16,21H,8-11H2,1-7H3,(H,19,22);12-15H,8-11H2,1-7H3,(H,19,22);8-10,12,14H,5-7H2,1-4H3,(H,13,15);7-9H,4-6H2,1-3H3,(H,11,12);5,8-9H,1,6-7H2,2-4H3,(H,11,12);5-6H,4H2,1-3H3,(H,8,9)/t14-,15-,16?;14-,15-;9-,10?;8-,9?;9-;6-/m000000/s1. The number of carbonyl (C=O) groups is 9. The first kappa shape index (κ1) is 98.7. The van der Waals surface area contributed by atoms with Crippen molar-refractivity contribution in [3.63, 3.8) is 0 Å². The first-order valence-electron chi connectivity index (χ1n) is 35.6. The Hall–Kier alpha value is -4.99. The quantitative estimate of drug-likeness (QED) is 0.0204. The molecule has 560 valence electrons. The maximum atomic E-state index is 12.2. The molecule has 21 heteroatoms. The van der Waals surface area contributed by atoms with Crippen molar-refractivity contribution in [2.24, 2.45) is 94.7 Å². The number of carboxylic acids is 1. The molecule has 7 amide bonds. The number of hydrogen-bond donors (Lipinski definition) is 9. The topological polar surface area (TPSA) is 306 Å². The molecule has 9 N–H and O–H groups in total. The Labute approximate surface area is 578 Å². The SMILES string of the molecule is C=CCNC(=O)[C@@H](C)CC(C)C.CC(C)C[C@H](C)C(=O)NCC(=O)CN(C)C(=O)[C@@H](C)CC(C)C.CC(C)C[C@H](C)C(=O)NCC(O)CN(C)C(=O)[C@@H](C)CC(C)C.CC(C)C[C@H](C)C(=O)NCC1CO1.CC(C)C[C@H](C)C(=O)O.CNCC(O)CNC(=O)[C@@H](C)CC(C)C. The number of hydrogen-bond acceptors (Lipinski definition) is 13. The van der Waals surface area contributed by atoms with Crippen molar-refractivity contribution in [3.05, 3.63) is 12.7 Å². The normalized spacial score (nSPS) is 15.5. The molecule has 0 bridgehead atoms. The lowest BCUT2D eigenvalue weighted by Gasteiger charge is -2.25. The lowest BCUT2D eigenvalue weighted by atomic mass is 9.97. The molecule has 1 rings (SSSR count). The summed E-state index contributed by atoms with van der Waals surface area (Å²) in [5.74, 6) is 3.09. The average molecular weight is 1360 g/mol. The third-order valence-electron chi connectivity index (χ3n) is 15.0. The molecule has 95 heavy (non-hydrogen) atoms. The van der Waals surface area contributed by atoms with Gasteiger partial charge in [-0.1, -0.05) is 172 Å². The summed E-state index contributed by atoms with van der Waals surface area (Å²) in [6.45, 7) is 55.4. The van der Waals surface area contributed by atoms with E-state index < -0.39 is 18.2 Å². The van der Waals surface area contributed by atoms with Gasteiger partial charge >= 0.3 is 5.97 Å². The van der Waals surface area contributed by atoms with Crippen molar-refractivity contribution in [1.82, 2.24) is 41.7 Å². The zero-order valence-electron chi connectivity index (χ0n) is 65.1. The van der Waals surface area contributed by atoms with Gasteiger partial charge in [0.2, 0.25) is 41.4 Å². The Kier molecular flexibility index (Phi) is 59.2. The van der Waals surface area contributed by atoms with Gasteiger partial charge in [0, 0.05) is 94.8 Å². The summed E-state index contributed by atoms with van der Waals surface area (Å²) in [7, 11) is 5.11. The third kappa shape index (κ3) is 61.1. The van der Waals surface area contributed by atoms with E-state index in [1.807, 2.05) is 62.3 Å². The van der Waals surface area contributed by atoms with E-state index in [4.69, 9.17) is 9.84 Å². The van der Waals surface area contributed by atoms with Crippen LogP contribution in [0.25, 0.3) is 0 Å². The van der Waals surface area contributed by atoms with E-state index >= 15 is 0 Å². The number of Topliss-reactive ketones (excluding diaryl/α,β-unsaturated/α-hetero) is 1. The average Bonchev–Trinajstić information content (AvgIpc) is 2.03. The number of likely N-dealkylation sites (N-methyl/N-ethyl adjacent to an activating group) is 3. The van der Waals surface area contributed by atoms with Crippen LogP contribution in [0.4, 0.5) is 0 Å². The number of ketones is 1. The minimum absolute atomic E-state index is 0.0164. The first-order valence-corrected chi connectivity index (χ1v) is 35.6. The van der Waals surface area contributed by atoms with Crippen LogP contribution >= 0.6 is 0 Å². The van der Waals surface area contributed by atoms with Gasteiger partial charge < -0.3 is 61.8 Å². The van der Waals surface area contributed by atoms with Gasteiger partial charge in [-0.3, -0.25) is 43.2 Å². The fourth-order valence-corrected chi connectivity index (χ4v) is 10.5. The van der Waals surface area contributed by atoms with Crippen molar-refractivity contribution in [2.45, 2.75) is 236 Å². The second-order valence-electron chi connectivity index (χ2n) is 30.3. The molecule has 11 atom stereocenters. The minimum Gasteiger partial charge on any atom is -0.481 e. The highest BCUT2D eigenvalue weighted by Crippen LogP contribution is 2.18. The molecule has 0 radical (unpaired) electrons. The highest BCUT2D eigenvalue weighted by atomic mass is 16.6. The number of rotatable bonds is 40. The fraction of sp³-hybridized carbons (Fsp3) is 0.851. The van der Waals surface area contributed by atoms with Gasteiger partial charge in [-0.15, -0.1) is 6.58 Å². The monoisotopic (exact) mass is 1360 g/mol. The van der Waals surface area contributed by atoms with Crippen LogP contribution in [0.5, 0.6) is 0 Å². The zero-order chi connectivity index (χ0) is 75.0. The predicted octanol–water partition coefficient (Wildman–Crippen LogP) is 10.1. The molecule has 1 aliphatic heterocycles. The maximum absolute atomic E-state index is 12.2. The lowest BCUT2D eigenvalue weighted by Crippen LogP contribution is -2.43. The lowest BCUT2D eigenvalue weighted by molar-refractivity contribution is -0.141. The Morgan fingerprint density at radius 3 is 1.03 bits per heavy atom. The zero-order valence-corrected chi connectivity index (χ0v) is 65.1. The van der Waals surface area contributed by atoms with E-state index in [1.54, 1.807) is 39.0 Å². The summed E-state index contributed by atoms with van der Waals surface area (Å²) in [5.41, 5.74) is 0. The second kappa shape index (κ2) is 57.0. The predicted molar refractivity (Wildman–Crippen MR) is 388 cm³/mol. The number of epoxide rings is 1. The Bertz CT molecular complexity index is 2100. The van der Waals surface area contributed by atoms with Gasteiger partial charge in [-0.05, 0) is 106 Å². The Morgan fingerprint density at radius 2 is 0.726 bits per heavy atom. The summed E-state index contributed by atoms with van der Waals surface area (Å²) in [6.07, 6.45) is 7.55. The van der Waals surface area contributed by atoms with E-state index in [1.165, 1.54) is 4.90 Å². The minimum atomic E-state index is -0.745. The molecule has 1 aliphatic rings. The smallest absolute Gasteiger partial charge is 0.306 e. The summed E-state index contributed by atoms with van der Waals surface area (Å²) >= 11 is 0. The fourth-order valence-electron chi connectivity index (χ4n) is 10.5.